The zero-order chi connectivity index (χ0) is 20.5. The first-order valence-corrected chi connectivity index (χ1v) is 11.0. The average molecular weight is 414 g/mol. The minimum atomic E-state index is -0.0182. The number of aromatic nitrogens is 2. The van der Waals surface area contributed by atoms with Crippen molar-refractivity contribution >= 4 is 11.3 Å². The van der Waals surface area contributed by atoms with Crippen LogP contribution in [0.25, 0.3) is 21.8 Å². The second-order valence-corrected chi connectivity index (χ2v) is 8.92. The van der Waals surface area contributed by atoms with Crippen LogP contribution in [0.1, 0.15) is 21.7 Å². The molecule has 0 amide bonds. The van der Waals surface area contributed by atoms with E-state index in [0.29, 0.717) is 12.4 Å². The molecule has 1 aliphatic heterocycles. The van der Waals surface area contributed by atoms with Crippen LogP contribution in [-0.2, 0) is 19.5 Å². The van der Waals surface area contributed by atoms with Crippen molar-refractivity contribution in [1.82, 2.24) is 14.9 Å². The molecule has 0 atom stereocenters. The number of fused-ring (bicyclic) bond motifs is 1. The molecule has 0 radical (unpaired) electrons. The average Bonchev–Trinajstić information content (AvgIpc) is 3.23. The standard InChI is InChI=1S/C25H23N3OS/c1-17-7-5-6-10-20(17)23-12-11-19(30-23)15-28-14-13-22-21(16-28)25(29)27-24(26-22)18-8-3-2-4-9-18/h2-12H,13-16H2,1H3,(H,26,27,29). The molecule has 0 bridgehead atoms. The smallest absolute Gasteiger partial charge is 0.255 e. The number of aromatic amines is 1. The van der Waals surface area contributed by atoms with Crippen molar-refractivity contribution in [2.24, 2.45) is 0 Å². The molecular formula is C25H23N3OS. The molecule has 0 saturated heterocycles. The Labute approximate surface area is 179 Å². The van der Waals surface area contributed by atoms with Gasteiger partial charge in [0.05, 0.1) is 11.3 Å². The molecule has 0 aliphatic carbocycles. The topological polar surface area (TPSA) is 49.0 Å². The number of rotatable bonds is 4. The van der Waals surface area contributed by atoms with Gasteiger partial charge in [0.1, 0.15) is 5.82 Å². The van der Waals surface area contributed by atoms with Gasteiger partial charge in [-0.15, -0.1) is 11.3 Å². The van der Waals surface area contributed by atoms with Gasteiger partial charge in [-0.1, -0.05) is 54.6 Å². The summed E-state index contributed by atoms with van der Waals surface area (Å²) in [6.45, 7) is 4.56. The van der Waals surface area contributed by atoms with E-state index in [4.69, 9.17) is 4.98 Å². The Kier molecular flexibility index (Phi) is 5.07. The summed E-state index contributed by atoms with van der Waals surface area (Å²) in [7, 11) is 0. The number of nitrogens with one attached hydrogen (secondary N) is 1. The normalized spacial score (nSPS) is 13.9. The van der Waals surface area contributed by atoms with Gasteiger partial charge in [0.15, 0.2) is 0 Å². The van der Waals surface area contributed by atoms with E-state index < -0.39 is 0 Å². The summed E-state index contributed by atoms with van der Waals surface area (Å²) in [6.07, 6.45) is 0.801. The summed E-state index contributed by atoms with van der Waals surface area (Å²) in [5.74, 6) is 0.661. The molecule has 4 nitrogen and oxygen atoms in total. The first-order chi connectivity index (χ1) is 14.7. The Hall–Kier alpha value is -3.02. The summed E-state index contributed by atoms with van der Waals surface area (Å²) >= 11 is 1.84. The van der Waals surface area contributed by atoms with Crippen LogP contribution in [-0.4, -0.2) is 21.4 Å². The predicted molar refractivity (Wildman–Crippen MR) is 123 cm³/mol. The van der Waals surface area contributed by atoms with E-state index in [1.54, 1.807) is 0 Å². The van der Waals surface area contributed by atoms with Gasteiger partial charge in [-0.05, 0) is 30.2 Å². The van der Waals surface area contributed by atoms with Crippen LogP contribution in [0.15, 0.2) is 71.5 Å². The van der Waals surface area contributed by atoms with Gasteiger partial charge in [-0.3, -0.25) is 9.69 Å². The molecule has 3 heterocycles. The van der Waals surface area contributed by atoms with Crippen LogP contribution in [0.3, 0.4) is 0 Å². The fraction of sp³-hybridized carbons (Fsp3) is 0.200. The Morgan fingerprint density at radius 1 is 1.03 bits per heavy atom. The first kappa shape index (κ1) is 19.0. The lowest BCUT2D eigenvalue weighted by molar-refractivity contribution is 0.244. The van der Waals surface area contributed by atoms with E-state index in [-0.39, 0.29) is 5.56 Å². The van der Waals surface area contributed by atoms with Gasteiger partial charge < -0.3 is 4.98 Å². The summed E-state index contributed by atoms with van der Waals surface area (Å²) in [5.41, 5.74) is 5.26. The van der Waals surface area contributed by atoms with Crippen molar-refractivity contribution in [3.05, 3.63) is 98.8 Å². The summed E-state index contributed by atoms with van der Waals surface area (Å²) < 4.78 is 0. The molecule has 0 unspecified atom stereocenters. The maximum Gasteiger partial charge on any atom is 0.255 e. The van der Waals surface area contributed by atoms with Gasteiger partial charge in [0, 0.05) is 41.4 Å². The van der Waals surface area contributed by atoms with E-state index in [1.165, 1.54) is 20.9 Å². The Balaban J connectivity index is 1.34. The number of H-pyrrole nitrogens is 1. The molecule has 30 heavy (non-hydrogen) atoms. The third kappa shape index (κ3) is 3.74. The molecule has 5 heteroatoms. The van der Waals surface area contributed by atoms with Crippen LogP contribution in [0.4, 0.5) is 0 Å². The quantitative estimate of drug-likeness (QED) is 0.510. The van der Waals surface area contributed by atoms with Gasteiger partial charge in [-0.25, -0.2) is 4.98 Å². The molecule has 0 saturated carbocycles. The molecule has 1 N–H and O–H groups in total. The maximum atomic E-state index is 12.8. The van der Waals surface area contributed by atoms with E-state index in [9.17, 15) is 4.79 Å². The van der Waals surface area contributed by atoms with Crippen LogP contribution in [0.2, 0.25) is 0 Å². The van der Waals surface area contributed by atoms with Crippen LogP contribution in [0.5, 0.6) is 0 Å². The van der Waals surface area contributed by atoms with Gasteiger partial charge >= 0.3 is 0 Å². The molecule has 0 fully saturated rings. The van der Waals surface area contributed by atoms with Gasteiger partial charge in [0.25, 0.3) is 5.56 Å². The van der Waals surface area contributed by atoms with Gasteiger partial charge in [-0.2, -0.15) is 0 Å². The minimum Gasteiger partial charge on any atom is -0.306 e. The van der Waals surface area contributed by atoms with Crippen LogP contribution >= 0.6 is 11.3 Å². The van der Waals surface area contributed by atoms with Crippen molar-refractivity contribution < 1.29 is 0 Å². The highest BCUT2D eigenvalue weighted by molar-refractivity contribution is 7.15. The van der Waals surface area contributed by atoms with Gasteiger partial charge in [0.2, 0.25) is 0 Å². The van der Waals surface area contributed by atoms with Crippen molar-refractivity contribution in [2.75, 3.05) is 6.54 Å². The fourth-order valence-corrected chi connectivity index (χ4v) is 5.17. The van der Waals surface area contributed by atoms with E-state index >= 15 is 0 Å². The second-order valence-electron chi connectivity index (χ2n) is 7.75. The summed E-state index contributed by atoms with van der Waals surface area (Å²) in [5, 5.41) is 0. The molecule has 2 aromatic heterocycles. The monoisotopic (exact) mass is 413 g/mol. The lowest BCUT2D eigenvalue weighted by Gasteiger charge is -2.27. The molecule has 0 spiro atoms. The minimum absolute atomic E-state index is 0.0182. The number of nitrogens with zero attached hydrogens (tertiary/aromatic N) is 2. The van der Waals surface area contributed by atoms with E-state index in [2.05, 4.69) is 53.2 Å². The van der Waals surface area contributed by atoms with Crippen molar-refractivity contribution in [3.8, 4) is 21.8 Å². The van der Waals surface area contributed by atoms with Crippen LogP contribution < -0.4 is 5.56 Å². The Morgan fingerprint density at radius 3 is 2.67 bits per heavy atom. The SMILES string of the molecule is Cc1ccccc1-c1ccc(CN2CCc3nc(-c4ccccc4)[nH]c(=O)c3C2)s1. The predicted octanol–water partition coefficient (Wildman–Crippen LogP) is 5.03. The fourth-order valence-electron chi connectivity index (χ4n) is 4.03. The molecule has 150 valence electrons. The van der Waals surface area contributed by atoms with E-state index in [0.717, 1.165) is 36.3 Å². The highest BCUT2D eigenvalue weighted by atomic mass is 32.1. The molecule has 4 aromatic rings. The molecule has 2 aromatic carbocycles. The van der Waals surface area contributed by atoms with Crippen LogP contribution in [0, 0.1) is 6.92 Å². The summed E-state index contributed by atoms with van der Waals surface area (Å²) in [6, 6.07) is 22.8. The molecule has 5 rings (SSSR count). The van der Waals surface area contributed by atoms with E-state index in [1.807, 2.05) is 41.7 Å². The van der Waals surface area contributed by atoms with Crippen molar-refractivity contribution in [1.29, 1.82) is 0 Å². The number of hydrogen-bond donors (Lipinski definition) is 1. The van der Waals surface area contributed by atoms with Crippen molar-refractivity contribution in [3.63, 3.8) is 0 Å². The highest BCUT2D eigenvalue weighted by Gasteiger charge is 2.22. The lowest BCUT2D eigenvalue weighted by Crippen LogP contribution is -2.35. The third-order valence-corrected chi connectivity index (χ3v) is 6.75. The summed E-state index contributed by atoms with van der Waals surface area (Å²) in [4.78, 5) is 25.5. The number of aryl methyl sites for hydroxylation is 1. The zero-order valence-corrected chi connectivity index (χ0v) is 17.7. The lowest BCUT2D eigenvalue weighted by atomic mass is 10.1. The maximum absolute atomic E-state index is 12.8. The first-order valence-electron chi connectivity index (χ1n) is 10.2. The zero-order valence-electron chi connectivity index (χ0n) is 16.9. The van der Waals surface area contributed by atoms with Crippen molar-refractivity contribution in [2.45, 2.75) is 26.4 Å². The number of hydrogen-bond acceptors (Lipinski definition) is 4. The molecular weight excluding hydrogens is 390 g/mol. The second kappa shape index (κ2) is 8.01. The Bertz CT molecular complexity index is 1240. The number of thiophene rings is 1. The molecule has 1 aliphatic rings. The largest absolute Gasteiger partial charge is 0.306 e. The highest BCUT2D eigenvalue weighted by Crippen LogP contribution is 2.31. The number of benzene rings is 2. The Morgan fingerprint density at radius 2 is 1.83 bits per heavy atom. The third-order valence-electron chi connectivity index (χ3n) is 5.65.